The molecule has 0 radical (unpaired) electrons. The number of piperidine rings is 1. The summed E-state index contributed by atoms with van der Waals surface area (Å²) in [6.45, 7) is 1.52. The summed E-state index contributed by atoms with van der Waals surface area (Å²) in [5.74, 6) is 0.436. The van der Waals surface area contributed by atoms with Crippen molar-refractivity contribution in [2.75, 3.05) is 18.0 Å². The van der Waals surface area contributed by atoms with Crippen LogP contribution >= 0.6 is 0 Å². The monoisotopic (exact) mass is 334 g/mol. The lowest BCUT2D eigenvalue weighted by atomic mass is 9.95. The van der Waals surface area contributed by atoms with Crippen LogP contribution in [0, 0.1) is 5.41 Å². The number of pyridine rings is 1. The molecule has 2 aromatic rings. The molecule has 0 bridgehead atoms. The minimum absolute atomic E-state index is 0.0725. The van der Waals surface area contributed by atoms with Crippen molar-refractivity contribution >= 4 is 5.82 Å². The van der Waals surface area contributed by atoms with Gasteiger partial charge in [-0.05, 0) is 43.2 Å². The largest absolute Gasteiger partial charge is 0.433 e. The quantitative estimate of drug-likeness (QED) is 0.834. The lowest BCUT2D eigenvalue weighted by Crippen LogP contribution is -2.37. The summed E-state index contributed by atoms with van der Waals surface area (Å²) in [4.78, 5) is 14.1. The Kier molecular flexibility index (Phi) is 3.47. The number of anilines is 1. The number of hydrogen-bond donors (Lipinski definition) is 0. The van der Waals surface area contributed by atoms with Crippen LogP contribution in [0.5, 0.6) is 0 Å². The van der Waals surface area contributed by atoms with Gasteiger partial charge in [-0.3, -0.25) is 4.98 Å². The molecule has 2 fully saturated rings. The number of alkyl halides is 3. The smallest absolute Gasteiger partial charge is 0.356 e. The van der Waals surface area contributed by atoms with Gasteiger partial charge in [0.1, 0.15) is 5.82 Å². The number of aromatic nitrogens is 3. The first-order chi connectivity index (χ1) is 11.5. The normalized spacial score (nSPS) is 19.5. The molecule has 1 saturated heterocycles. The fraction of sp³-hybridized carbons (Fsp3) is 0.471. The van der Waals surface area contributed by atoms with Gasteiger partial charge in [0, 0.05) is 37.1 Å². The van der Waals surface area contributed by atoms with Crippen LogP contribution in [0.15, 0.2) is 30.6 Å². The topological polar surface area (TPSA) is 41.9 Å². The van der Waals surface area contributed by atoms with Crippen LogP contribution in [-0.4, -0.2) is 28.0 Å². The van der Waals surface area contributed by atoms with E-state index in [0.717, 1.165) is 44.8 Å². The third-order valence-electron chi connectivity index (χ3n) is 4.87. The summed E-state index contributed by atoms with van der Waals surface area (Å²) in [6.07, 6.45) is 3.04. The third-order valence-corrected chi connectivity index (χ3v) is 4.87. The lowest BCUT2D eigenvalue weighted by molar-refractivity contribution is -0.141. The highest BCUT2D eigenvalue weighted by Crippen LogP contribution is 2.52. The van der Waals surface area contributed by atoms with Gasteiger partial charge >= 0.3 is 6.18 Å². The number of nitrogens with zero attached hydrogens (tertiary/aromatic N) is 4. The van der Waals surface area contributed by atoms with Gasteiger partial charge < -0.3 is 4.90 Å². The van der Waals surface area contributed by atoms with Crippen LogP contribution in [0.25, 0.3) is 11.4 Å². The van der Waals surface area contributed by atoms with E-state index in [1.807, 2.05) is 4.90 Å². The second-order valence-corrected chi connectivity index (χ2v) is 6.70. The number of hydrogen-bond acceptors (Lipinski definition) is 4. The first-order valence-corrected chi connectivity index (χ1v) is 8.07. The molecule has 1 saturated carbocycles. The highest BCUT2D eigenvalue weighted by atomic mass is 19.4. The van der Waals surface area contributed by atoms with Gasteiger partial charge in [-0.2, -0.15) is 13.2 Å². The van der Waals surface area contributed by atoms with Crippen molar-refractivity contribution in [1.29, 1.82) is 0 Å². The van der Waals surface area contributed by atoms with Gasteiger partial charge in [-0.15, -0.1) is 0 Å². The van der Waals surface area contributed by atoms with Gasteiger partial charge in [0.25, 0.3) is 0 Å². The van der Waals surface area contributed by atoms with Crippen molar-refractivity contribution in [1.82, 2.24) is 15.0 Å². The van der Waals surface area contributed by atoms with Crippen molar-refractivity contribution in [3.63, 3.8) is 0 Å². The molecular weight excluding hydrogens is 317 g/mol. The number of halogens is 3. The van der Waals surface area contributed by atoms with Crippen molar-refractivity contribution in [3.05, 3.63) is 36.3 Å². The van der Waals surface area contributed by atoms with E-state index in [1.54, 1.807) is 18.3 Å². The van der Waals surface area contributed by atoms with Crippen LogP contribution < -0.4 is 4.90 Å². The Labute approximate surface area is 137 Å². The molecule has 4 nitrogen and oxygen atoms in total. The maximum absolute atomic E-state index is 13.3. The minimum atomic E-state index is -4.50. The predicted molar refractivity (Wildman–Crippen MR) is 83.4 cm³/mol. The standard InChI is InChI=1S/C17H17F3N4/c18-17(19,20)13-9-14(24-8-2-4-16(11-24)5-6-16)23-15(22-13)12-3-1-7-21-10-12/h1,3,7,9-10H,2,4-6,8,11H2. The summed E-state index contributed by atoms with van der Waals surface area (Å²) in [5.41, 5.74) is -0.111. The maximum Gasteiger partial charge on any atom is 0.433 e. The van der Waals surface area contributed by atoms with Crippen molar-refractivity contribution in [3.8, 4) is 11.4 Å². The van der Waals surface area contributed by atoms with Crippen LogP contribution in [0.3, 0.4) is 0 Å². The molecule has 0 unspecified atom stereocenters. The van der Waals surface area contributed by atoms with Gasteiger partial charge in [-0.1, -0.05) is 0 Å². The number of rotatable bonds is 2. The maximum atomic E-state index is 13.3. The first-order valence-electron chi connectivity index (χ1n) is 8.07. The molecule has 1 spiro atoms. The molecule has 126 valence electrons. The Morgan fingerprint density at radius 2 is 1.96 bits per heavy atom. The lowest BCUT2D eigenvalue weighted by Gasteiger charge is -2.34. The molecular formula is C17H17F3N4. The Bertz CT molecular complexity index is 741. The molecule has 4 rings (SSSR count). The summed E-state index contributed by atoms with van der Waals surface area (Å²) in [5, 5.41) is 0. The van der Waals surface area contributed by atoms with Crippen molar-refractivity contribution < 1.29 is 13.2 Å². The molecule has 0 amide bonds. The SMILES string of the molecule is FC(F)(F)c1cc(N2CCCC3(CC3)C2)nc(-c2cccnc2)n1. The summed E-state index contributed by atoms with van der Waals surface area (Å²) < 4.78 is 39.8. The second kappa shape index (κ2) is 5.43. The first kappa shape index (κ1) is 15.4. The molecule has 3 heterocycles. The average molecular weight is 334 g/mol. The van der Waals surface area contributed by atoms with E-state index >= 15 is 0 Å². The molecule has 0 atom stereocenters. The Balaban J connectivity index is 1.75. The molecule has 1 aliphatic carbocycles. The van der Waals surface area contributed by atoms with Crippen LogP contribution in [0.2, 0.25) is 0 Å². The Morgan fingerprint density at radius 3 is 2.62 bits per heavy atom. The van der Waals surface area contributed by atoms with E-state index in [2.05, 4.69) is 15.0 Å². The molecule has 7 heteroatoms. The van der Waals surface area contributed by atoms with E-state index in [4.69, 9.17) is 0 Å². The van der Waals surface area contributed by atoms with Gasteiger partial charge in [0.15, 0.2) is 11.5 Å². The Morgan fingerprint density at radius 1 is 1.12 bits per heavy atom. The van der Waals surface area contributed by atoms with E-state index in [-0.39, 0.29) is 5.82 Å². The van der Waals surface area contributed by atoms with Gasteiger partial charge in [0.05, 0.1) is 0 Å². The summed E-state index contributed by atoms with van der Waals surface area (Å²) in [6, 6.07) is 4.41. The molecule has 0 aromatic carbocycles. The van der Waals surface area contributed by atoms with Crippen molar-refractivity contribution in [2.24, 2.45) is 5.41 Å². The highest BCUT2D eigenvalue weighted by Gasteiger charge is 2.46. The van der Waals surface area contributed by atoms with Crippen LogP contribution in [0.1, 0.15) is 31.4 Å². The summed E-state index contributed by atoms with van der Waals surface area (Å²) in [7, 11) is 0. The highest BCUT2D eigenvalue weighted by molar-refractivity contribution is 5.57. The fourth-order valence-electron chi connectivity index (χ4n) is 3.35. The zero-order chi connectivity index (χ0) is 16.8. The van der Waals surface area contributed by atoms with Gasteiger partial charge in [-0.25, -0.2) is 9.97 Å². The Hall–Kier alpha value is -2.18. The van der Waals surface area contributed by atoms with Crippen LogP contribution in [-0.2, 0) is 6.18 Å². The third kappa shape index (κ3) is 2.95. The van der Waals surface area contributed by atoms with E-state index < -0.39 is 11.9 Å². The predicted octanol–water partition coefficient (Wildman–Crippen LogP) is 3.94. The zero-order valence-electron chi connectivity index (χ0n) is 13.1. The summed E-state index contributed by atoms with van der Waals surface area (Å²) >= 11 is 0. The molecule has 1 aliphatic heterocycles. The van der Waals surface area contributed by atoms with Crippen molar-refractivity contribution in [2.45, 2.75) is 31.9 Å². The average Bonchev–Trinajstić information content (AvgIpc) is 3.33. The molecule has 2 aromatic heterocycles. The van der Waals surface area contributed by atoms with E-state index in [9.17, 15) is 13.2 Å². The minimum Gasteiger partial charge on any atom is -0.356 e. The fourth-order valence-corrected chi connectivity index (χ4v) is 3.35. The second-order valence-electron chi connectivity index (χ2n) is 6.70. The molecule has 2 aliphatic rings. The zero-order valence-corrected chi connectivity index (χ0v) is 13.1. The van der Waals surface area contributed by atoms with E-state index in [1.165, 1.54) is 6.20 Å². The molecule has 0 N–H and O–H groups in total. The molecule has 24 heavy (non-hydrogen) atoms. The van der Waals surface area contributed by atoms with Crippen LogP contribution in [0.4, 0.5) is 19.0 Å². The van der Waals surface area contributed by atoms with Gasteiger partial charge in [0.2, 0.25) is 0 Å². The van der Waals surface area contributed by atoms with E-state index in [0.29, 0.717) is 16.8 Å².